The first-order valence-corrected chi connectivity index (χ1v) is 8.99. The minimum absolute atomic E-state index is 0.655. The second-order valence-electron chi connectivity index (χ2n) is 7.25. The van der Waals surface area contributed by atoms with Crippen LogP contribution in [0.2, 0.25) is 0 Å². The smallest absolute Gasteiger partial charge is 0.193 e. The van der Waals surface area contributed by atoms with Crippen LogP contribution in [0.1, 0.15) is 51.4 Å². The third kappa shape index (κ3) is 3.71. The monoisotopic (exact) mass is 292 g/mol. The summed E-state index contributed by atoms with van der Waals surface area (Å²) in [6, 6.07) is 0. The molecule has 0 unspecified atom stereocenters. The Kier molecular flexibility index (Phi) is 5.04. The number of nitrogens with zero attached hydrogens (tertiary/aromatic N) is 3. The van der Waals surface area contributed by atoms with E-state index in [4.69, 9.17) is 0 Å². The first-order chi connectivity index (χ1) is 10.3. The summed E-state index contributed by atoms with van der Waals surface area (Å²) in [6.45, 7) is 7.20. The van der Waals surface area contributed by atoms with Gasteiger partial charge in [0.1, 0.15) is 0 Å². The van der Waals surface area contributed by atoms with Gasteiger partial charge in [0.05, 0.1) is 0 Å². The van der Waals surface area contributed by atoms with Crippen molar-refractivity contribution < 1.29 is 0 Å². The molecule has 3 rings (SSSR count). The Morgan fingerprint density at radius 2 is 1.76 bits per heavy atom. The van der Waals surface area contributed by atoms with E-state index in [0.29, 0.717) is 5.41 Å². The fourth-order valence-electron chi connectivity index (χ4n) is 4.22. The van der Waals surface area contributed by atoms with Crippen LogP contribution in [0.3, 0.4) is 0 Å². The zero-order valence-electron chi connectivity index (χ0n) is 13.7. The molecule has 0 aromatic heterocycles. The maximum atomic E-state index is 4.51. The van der Waals surface area contributed by atoms with Gasteiger partial charge in [0.2, 0.25) is 0 Å². The van der Waals surface area contributed by atoms with Gasteiger partial charge in [-0.2, -0.15) is 0 Å². The van der Waals surface area contributed by atoms with Crippen LogP contribution in [0.5, 0.6) is 0 Å². The van der Waals surface area contributed by atoms with Crippen molar-refractivity contribution in [1.82, 2.24) is 15.1 Å². The number of likely N-dealkylation sites (tertiary alicyclic amines) is 2. The quantitative estimate of drug-likeness (QED) is 0.640. The van der Waals surface area contributed by atoms with Crippen molar-refractivity contribution in [3.8, 4) is 0 Å². The molecule has 3 aliphatic rings. The molecule has 1 saturated carbocycles. The first-order valence-electron chi connectivity index (χ1n) is 8.99. The van der Waals surface area contributed by atoms with Crippen molar-refractivity contribution in [1.29, 1.82) is 0 Å². The summed E-state index contributed by atoms with van der Waals surface area (Å²) < 4.78 is 0. The van der Waals surface area contributed by atoms with Crippen LogP contribution in [-0.2, 0) is 0 Å². The highest BCUT2D eigenvalue weighted by Gasteiger charge is 2.43. The molecule has 0 aromatic carbocycles. The lowest BCUT2D eigenvalue weighted by Gasteiger charge is -2.38. The molecule has 2 heterocycles. The van der Waals surface area contributed by atoms with Crippen molar-refractivity contribution in [3.63, 3.8) is 0 Å². The van der Waals surface area contributed by atoms with Crippen molar-refractivity contribution in [2.45, 2.75) is 51.4 Å². The minimum Gasteiger partial charge on any atom is -0.355 e. The summed E-state index contributed by atoms with van der Waals surface area (Å²) in [4.78, 5) is 9.61. The minimum atomic E-state index is 0.655. The molecule has 0 amide bonds. The normalized spacial score (nSPS) is 26.7. The van der Waals surface area contributed by atoms with Crippen LogP contribution in [0.4, 0.5) is 0 Å². The van der Waals surface area contributed by atoms with Crippen LogP contribution in [0, 0.1) is 5.41 Å². The third-order valence-electron chi connectivity index (χ3n) is 5.77. The summed E-state index contributed by atoms with van der Waals surface area (Å²) in [5.41, 5.74) is 0.655. The fourth-order valence-corrected chi connectivity index (χ4v) is 4.22. The zero-order chi connectivity index (χ0) is 14.5. The van der Waals surface area contributed by atoms with E-state index in [2.05, 4.69) is 20.1 Å². The van der Waals surface area contributed by atoms with E-state index >= 15 is 0 Å². The van der Waals surface area contributed by atoms with Crippen molar-refractivity contribution in [3.05, 3.63) is 0 Å². The van der Waals surface area contributed by atoms with E-state index < -0.39 is 0 Å². The Morgan fingerprint density at radius 3 is 2.33 bits per heavy atom. The average molecular weight is 292 g/mol. The molecule has 0 atom stereocenters. The number of hydrogen-bond donors (Lipinski definition) is 1. The molecule has 0 bridgehead atoms. The SMILES string of the molecule is CN=C(NCCN1CCCCCC1)N1CCC2(CCC2)C1. The maximum Gasteiger partial charge on any atom is 0.193 e. The molecule has 0 radical (unpaired) electrons. The number of guanidine groups is 1. The standard InChI is InChI=1S/C17H32N4/c1-18-16(21-13-9-17(15-21)7-6-8-17)19-10-14-20-11-4-2-3-5-12-20/h2-15H2,1H3,(H,18,19). The van der Waals surface area contributed by atoms with Gasteiger partial charge >= 0.3 is 0 Å². The Hall–Kier alpha value is -0.770. The van der Waals surface area contributed by atoms with Gasteiger partial charge in [-0.25, -0.2) is 0 Å². The maximum absolute atomic E-state index is 4.51. The molecule has 2 aliphatic heterocycles. The highest BCUT2D eigenvalue weighted by atomic mass is 15.3. The van der Waals surface area contributed by atoms with E-state index in [-0.39, 0.29) is 0 Å². The zero-order valence-corrected chi connectivity index (χ0v) is 13.7. The van der Waals surface area contributed by atoms with E-state index in [9.17, 15) is 0 Å². The van der Waals surface area contributed by atoms with Gasteiger partial charge < -0.3 is 15.1 Å². The lowest BCUT2D eigenvalue weighted by atomic mass is 9.68. The summed E-state index contributed by atoms with van der Waals surface area (Å²) in [7, 11) is 1.93. The third-order valence-corrected chi connectivity index (χ3v) is 5.77. The van der Waals surface area contributed by atoms with Crippen LogP contribution >= 0.6 is 0 Å². The van der Waals surface area contributed by atoms with Gasteiger partial charge in [-0.1, -0.05) is 19.3 Å². The molecule has 1 spiro atoms. The van der Waals surface area contributed by atoms with Crippen LogP contribution in [0.15, 0.2) is 4.99 Å². The molecule has 3 fully saturated rings. The number of rotatable bonds is 3. The molecule has 21 heavy (non-hydrogen) atoms. The molecule has 4 nitrogen and oxygen atoms in total. The van der Waals surface area contributed by atoms with Gasteiger partial charge in [0.25, 0.3) is 0 Å². The van der Waals surface area contributed by atoms with E-state index in [1.165, 1.54) is 77.5 Å². The molecular formula is C17H32N4. The summed E-state index contributed by atoms with van der Waals surface area (Å²) in [6.07, 6.45) is 11.3. The van der Waals surface area contributed by atoms with Crippen molar-refractivity contribution >= 4 is 5.96 Å². The molecule has 2 saturated heterocycles. The van der Waals surface area contributed by atoms with Crippen LogP contribution in [0.25, 0.3) is 0 Å². The molecule has 1 N–H and O–H groups in total. The lowest BCUT2D eigenvalue weighted by Crippen LogP contribution is -2.45. The fraction of sp³-hybridized carbons (Fsp3) is 0.941. The summed E-state index contributed by atoms with van der Waals surface area (Å²) in [5.74, 6) is 1.13. The molecule has 0 aromatic rings. The van der Waals surface area contributed by atoms with Gasteiger partial charge in [-0.05, 0) is 50.6 Å². The van der Waals surface area contributed by atoms with E-state index in [1.807, 2.05) is 7.05 Å². The second kappa shape index (κ2) is 6.99. The highest BCUT2D eigenvalue weighted by molar-refractivity contribution is 5.80. The van der Waals surface area contributed by atoms with E-state index in [0.717, 1.165) is 19.0 Å². The summed E-state index contributed by atoms with van der Waals surface area (Å²) >= 11 is 0. The average Bonchev–Trinajstić information content (AvgIpc) is 2.76. The van der Waals surface area contributed by atoms with Gasteiger partial charge in [0, 0.05) is 33.2 Å². The molecule has 1 aliphatic carbocycles. The Balaban J connectivity index is 1.40. The van der Waals surface area contributed by atoms with Crippen molar-refractivity contribution in [2.24, 2.45) is 10.4 Å². The number of hydrogen-bond acceptors (Lipinski definition) is 2. The first kappa shape index (κ1) is 15.1. The lowest BCUT2D eigenvalue weighted by molar-refractivity contribution is 0.151. The summed E-state index contributed by atoms with van der Waals surface area (Å²) in [5, 5.41) is 3.60. The van der Waals surface area contributed by atoms with E-state index in [1.54, 1.807) is 0 Å². The second-order valence-corrected chi connectivity index (χ2v) is 7.25. The molecule has 120 valence electrons. The predicted octanol–water partition coefficient (Wildman–Crippen LogP) is 2.31. The van der Waals surface area contributed by atoms with Gasteiger partial charge in [-0.15, -0.1) is 0 Å². The molecular weight excluding hydrogens is 260 g/mol. The highest BCUT2D eigenvalue weighted by Crippen LogP contribution is 2.47. The van der Waals surface area contributed by atoms with Gasteiger partial charge in [-0.3, -0.25) is 4.99 Å². The Labute approximate surface area is 130 Å². The molecule has 4 heteroatoms. The van der Waals surface area contributed by atoms with Gasteiger partial charge in [0.15, 0.2) is 5.96 Å². The Bertz CT molecular complexity index is 354. The van der Waals surface area contributed by atoms with Crippen LogP contribution in [-0.4, -0.2) is 62.1 Å². The van der Waals surface area contributed by atoms with Crippen molar-refractivity contribution in [2.75, 3.05) is 46.3 Å². The van der Waals surface area contributed by atoms with Crippen LogP contribution < -0.4 is 5.32 Å². The number of aliphatic imine (C=N–C) groups is 1. The predicted molar refractivity (Wildman–Crippen MR) is 88.7 cm³/mol. The number of nitrogens with one attached hydrogen (secondary N) is 1. The largest absolute Gasteiger partial charge is 0.355 e. The topological polar surface area (TPSA) is 30.9 Å². The Morgan fingerprint density at radius 1 is 1.00 bits per heavy atom.